The predicted octanol–water partition coefficient (Wildman–Crippen LogP) is 3.15. The van der Waals surface area contributed by atoms with Gasteiger partial charge < -0.3 is 9.64 Å². The molecule has 0 aromatic rings. The molecule has 1 aliphatic heterocycles. The molecule has 1 saturated heterocycles. The van der Waals surface area contributed by atoms with E-state index >= 15 is 0 Å². The number of fused-ring (bicyclic) bond motifs is 1. The standard InChI is InChI=1S/C18H24F3NO3/c1-16(2,3)15(24)25-14-13-10-4-9(5-17(14)6-11(10)17)8-22(13)12(23)7-18(19,20)21/h9-11,13-14H,4-8H2,1-3H3/t9?,10-,11?,13?,14+,17?/m0/s1. The first-order valence-corrected chi connectivity index (χ1v) is 9.00. The third-order valence-corrected chi connectivity index (χ3v) is 6.62. The maximum absolute atomic E-state index is 12.7. The minimum absolute atomic E-state index is 0.0909. The Hall–Kier alpha value is -1.27. The second-order valence-corrected chi connectivity index (χ2v) is 9.42. The SMILES string of the molecule is CC(C)(C)C(=O)O[C@@H]1C2[C@H]3CC(CN2C(=O)CC(F)(F)F)CC12CC32. The van der Waals surface area contributed by atoms with Crippen LogP contribution in [0.25, 0.3) is 0 Å². The Morgan fingerprint density at radius 3 is 2.48 bits per heavy atom. The number of carbonyl (C=O) groups is 2. The maximum atomic E-state index is 12.7. The van der Waals surface area contributed by atoms with Gasteiger partial charge in [-0.2, -0.15) is 13.2 Å². The summed E-state index contributed by atoms with van der Waals surface area (Å²) in [5, 5.41) is 0. The minimum Gasteiger partial charge on any atom is -0.459 e. The average molecular weight is 359 g/mol. The summed E-state index contributed by atoms with van der Waals surface area (Å²) in [7, 11) is 0. The van der Waals surface area contributed by atoms with Crippen LogP contribution in [0.2, 0.25) is 0 Å². The molecular weight excluding hydrogens is 335 g/mol. The first-order chi connectivity index (χ1) is 11.4. The van der Waals surface area contributed by atoms with Gasteiger partial charge >= 0.3 is 12.1 Å². The molecule has 1 heterocycles. The fourth-order valence-electron chi connectivity index (χ4n) is 5.67. The molecule has 6 atom stereocenters. The normalized spacial score (nSPS) is 41.5. The number of piperidine rings is 1. The van der Waals surface area contributed by atoms with Crippen LogP contribution in [-0.2, 0) is 14.3 Å². The molecule has 4 nitrogen and oxygen atoms in total. The number of likely N-dealkylation sites (tertiary alicyclic amines) is 1. The number of esters is 1. The lowest BCUT2D eigenvalue weighted by Gasteiger charge is -2.43. The molecular formula is C18H24F3NO3. The van der Waals surface area contributed by atoms with Crippen LogP contribution in [0.15, 0.2) is 0 Å². The van der Waals surface area contributed by atoms with Crippen molar-refractivity contribution in [3.63, 3.8) is 0 Å². The Bertz CT molecular complexity index is 626. The van der Waals surface area contributed by atoms with Gasteiger partial charge in [0.2, 0.25) is 5.91 Å². The van der Waals surface area contributed by atoms with E-state index in [9.17, 15) is 22.8 Å². The molecule has 3 saturated carbocycles. The highest BCUT2D eigenvalue weighted by Gasteiger charge is 2.77. The third-order valence-electron chi connectivity index (χ3n) is 6.62. The van der Waals surface area contributed by atoms with Crippen molar-refractivity contribution in [1.82, 2.24) is 4.90 Å². The summed E-state index contributed by atoms with van der Waals surface area (Å²) in [6.07, 6.45) is -3.60. The van der Waals surface area contributed by atoms with Crippen LogP contribution in [0.4, 0.5) is 13.2 Å². The Morgan fingerprint density at radius 2 is 1.88 bits per heavy atom. The number of hydrogen-bond acceptors (Lipinski definition) is 3. The zero-order valence-electron chi connectivity index (χ0n) is 14.7. The Kier molecular flexibility index (Phi) is 3.37. The summed E-state index contributed by atoms with van der Waals surface area (Å²) in [5.41, 5.74) is -0.761. The number of alkyl halides is 3. The van der Waals surface area contributed by atoms with Crippen LogP contribution in [0.5, 0.6) is 0 Å². The van der Waals surface area contributed by atoms with Crippen molar-refractivity contribution in [2.75, 3.05) is 6.54 Å². The lowest BCUT2D eigenvalue weighted by atomic mass is 9.78. The van der Waals surface area contributed by atoms with Gasteiger partial charge in [0.05, 0.1) is 11.5 Å². The molecule has 0 aromatic carbocycles. The largest absolute Gasteiger partial charge is 0.459 e. The van der Waals surface area contributed by atoms with Crippen molar-refractivity contribution >= 4 is 11.9 Å². The van der Waals surface area contributed by atoms with E-state index in [0.29, 0.717) is 12.5 Å². The Morgan fingerprint density at radius 1 is 1.20 bits per heavy atom. The van der Waals surface area contributed by atoms with E-state index < -0.39 is 30.0 Å². The first kappa shape index (κ1) is 17.2. The molecule has 3 aliphatic carbocycles. The monoisotopic (exact) mass is 359 g/mol. The number of hydrogen-bond donors (Lipinski definition) is 0. The van der Waals surface area contributed by atoms with Gasteiger partial charge in [0.15, 0.2) is 0 Å². The van der Waals surface area contributed by atoms with E-state index in [4.69, 9.17) is 4.74 Å². The van der Waals surface area contributed by atoms with E-state index in [1.165, 1.54) is 4.90 Å². The molecule has 0 radical (unpaired) electrons. The second-order valence-electron chi connectivity index (χ2n) is 9.42. The van der Waals surface area contributed by atoms with Gasteiger partial charge in [-0.25, -0.2) is 0 Å². The summed E-state index contributed by atoms with van der Waals surface area (Å²) < 4.78 is 44.0. The summed E-state index contributed by atoms with van der Waals surface area (Å²) in [4.78, 5) is 26.2. The number of ether oxygens (including phenoxy) is 1. The van der Waals surface area contributed by atoms with Crippen molar-refractivity contribution in [2.24, 2.45) is 28.6 Å². The fourth-order valence-corrected chi connectivity index (χ4v) is 5.67. The van der Waals surface area contributed by atoms with Crippen LogP contribution in [0, 0.1) is 28.6 Å². The van der Waals surface area contributed by atoms with Gasteiger partial charge in [-0.15, -0.1) is 0 Å². The summed E-state index contributed by atoms with van der Waals surface area (Å²) >= 11 is 0. The van der Waals surface area contributed by atoms with Crippen LogP contribution < -0.4 is 0 Å². The predicted molar refractivity (Wildman–Crippen MR) is 82.3 cm³/mol. The van der Waals surface area contributed by atoms with Gasteiger partial charge in [-0.3, -0.25) is 9.59 Å². The molecule has 4 aliphatic rings. The molecule has 4 fully saturated rings. The Balaban J connectivity index is 1.61. The number of halogens is 3. The van der Waals surface area contributed by atoms with Crippen molar-refractivity contribution in [3.05, 3.63) is 0 Å². The molecule has 1 amide bonds. The molecule has 3 bridgehead atoms. The first-order valence-electron chi connectivity index (χ1n) is 9.00. The molecule has 140 valence electrons. The van der Waals surface area contributed by atoms with E-state index in [0.717, 1.165) is 19.3 Å². The Labute approximate surface area is 145 Å². The molecule has 25 heavy (non-hydrogen) atoms. The highest BCUT2D eigenvalue weighted by molar-refractivity contribution is 5.78. The van der Waals surface area contributed by atoms with Gasteiger partial charge in [0.25, 0.3) is 0 Å². The van der Waals surface area contributed by atoms with Crippen LogP contribution in [0.3, 0.4) is 0 Å². The molecule has 4 rings (SSSR count). The number of amides is 1. The van der Waals surface area contributed by atoms with Crippen LogP contribution >= 0.6 is 0 Å². The lowest BCUT2D eigenvalue weighted by molar-refractivity contribution is -0.175. The second kappa shape index (κ2) is 4.92. The molecule has 4 unspecified atom stereocenters. The van der Waals surface area contributed by atoms with Crippen molar-refractivity contribution in [2.45, 2.75) is 64.8 Å². The van der Waals surface area contributed by atoms with Crippen molar-refractivity contribution < 1.29 is 27.5 Å². The van der Waals surface area contributed by atoms with Gasteiger partial charge in [0, 0.05) is 12.0 Å². The summed E-state index contributed by atoms with van der Waals surface area (Å²) in [6, 6.07) is -0.376. The van der Waals surface area contributed by atoms with E-state index in [1.54, 1.807) is 20.8 Å². The minimum atomic E-state index is -4.51. The van der Waals surface area contributed by atoms with E-state index in [1.807, 2.05) is 0 Å². The topological polar surface area (TPSA) is 46.6 Å². The van der Waals surface area contributed by atoms with Crippen LogP contribution in [-0.4, -0.2) is 41.6 Å². The number of carbonyl (C=O) groups excluding carboxylic acids is 2. The van der Waals surface area contributed by atoms with Crippen molar-refractivity contribution in [1.29, 1.82) is 0 Å². The fraction of sp³-hybridized carbons (Fsp3) is 0.889. The lowest BCUT2D eigenvalue weighted by Crippen LogP contribution is -2.55. The van der Waals surface area contributed by atoms with E-state index in [-0.39, 0.29) is 29.3 Å². The zero-order valence-corrected chi connectivity index (χ0v) is 14.7. The van der Waals surface area contributed by atoms with E-state index in [2.05, 4.69) is 0 Å². The smallest absolute Gasteiger partial charge is 0.397 e. The molecule has 7 heteroatoms. The van der Waals surface area contributed by atoms with Gasteiger partial charge in [-0.1, -0.05) is 0 Å². The van der Waals surface area contributed by atoms with Gasteiger partial charge in [0.1, 0.15) is 12.5 Å². The maximum Gasteiger partial charge on any atom is 0.397 e. The highest BCUT2D eigenvalue weighted by atomic mass is 19.4. The number of nitrogens with zero attached hydrogens (tertiary/aromatic N) is 1. The summed E-state index contributed by atoms with van der Waals surface area (Å²) in [6.45, 7) is 5.67. The van der Waals surface area contributed by atoms with Crippen molar-refractivity contribution in [3.8, 4) is 0 Å². The third kappa shape index (κ3) is 2.56. The zero-order chi connectivity index (χ0) is 18.4. The molecule has 0 spiro atoms. The molecule has 0 aromatic heterocycles. The van der Waals surface area contributed by atoms with Crippen LogP contribution in [0.1, 0.15) is 46.5 Å². The summed E-state index contributed by atoms with van der Waals surface area (Å²) in [5.74, 6) is -0.398. The molecule has 0 N–H and O–H groups in total. The average Bonchev–Trinajstić information content (AvgIpc) is 3.16. The van der Waals surface area contributed by atoms with Gasteiger partial charge in [-0.05, 0) is 57.8 Å². The quantitative estimate of drug-likeness (QED) is 0.712. The number of rotatable bonds is 2. The highest BCUT2D eigenvalue weighted by Crippen LogP contribution is 2.76.